The minimum Gasteiger partial charge on any atom is -0.350 e. The van der Waals surface area contributed by atoms with Crippen molar-refractivity contribution in [3.05, 3.63) is 77.6 Å². The molecule has 3 rings (SSSR count). The van der Waals surface area contributed by atoms with Crippen molar-refractivity contribution < 1.29 is 17.6 Å². The Kier molecular flexibility index (Phi) is 6.82. The zero-order chi connectivity index (χ0) is 20.9. The number of rotatable bonds is 7. The minimum atomic E-state index is -3.70. The first-order valence-electron chi connectivity index (χ1n) is 9.66. The summed E-state index contributed by atoms with van der Waals surface area (Å²) in [5.41, 5.74) is 1.83. The molecule has 0 radical (unpaired) electrons. The van der Waals surface area contributed by atoms with E-state index in [0.29, 0.717) is 12.0 Å². The molecule has 0 unspecified atom stereocenters. The zero-order valence-corrected chi connectivity index (χ0v) is 17.2. The van der Waals surface area contributed by atoms with Crippen LogP contribution in [-0.4, -0.2) is 37.8 Å². The average Bonchev–Trinajstić information content (AvgIpc) is 2.73. The number of benzene rings is 2. The van der Waals surface area contributed by atoms with Crippen LogP contribution in [0.25, 0.3) is 0 Å². The normalized spacial score (nSPS) is 16.1. The van der Waals surface area contributed by atoms with Gasteiger partial charge in [-0.05, 0) is 56.0 Å². The van der Waals surface area contributed by atoms with Crippen molar-refractivity contribution in [1.82, 2.24) is 9.62 Å². The molecule has 0 spiro atoms. The van der Waals surface area contributed by atoms with Gasteiger partial charge in [-0.1, -0.05) is 36.4 Å². The van der Waals surface area contributed by atoms with Gasteiger partial charge in [-0.15, -0.1) is 0 Å². The molecule has 1 atom stereocenters. The fourth-order valence-corrected chi connectivity index (χ4v) is 4.63. The van der Waals surface area contributed by atoms with Crippen LogP contribution in [0.1, 0.15) is 25.3 Å². The second kappa shape index (κ2) is 9.33. The van der Waals surface area contributed by atoms with E-state index in [-0.39, 0.29) is 29.9 Å². The molecule has 2 aromatic rings. The van der Waals surface area contributed by atoms with E-state index in [1.54, 1.807) is 6.08 Å². The van der Waals surface area contributed by atoms with E-state index in [4.69, 9.17) is 0 Å². The second-order valence-electron chi connectivity index (χ2n) is 7.20. The highest BCUT2D eigenvalue weighted by Gasteiger charge is 2.27. The SMILES string of the molecule is C[C@@H](CCc1ccccc1)NC(=O)C1=CCN(S(=O)(=O)c2ccc(F)cc2)CC1. The maximum Gasteiger partial charge on any atom is 0.247 e. The Morgan fingerprint density at radius 2 is 1.83 bits per heavy atom. The highest BCUT2D eigenvalue weighted by Crippen LogP contribution is 2.21. The number of hydrogen-bond acceptors (Lipinski definition) is 3. The van der Waals surface area contributed by atoms with Crippen molar-refractivity contribution in [2.24, 2.45) is 0 Å². The van der Waals surface area contributed by atoms with Gasteiger partial charge in [0.1, 0.15) is 5.82 Å². The predicted octanol–water partition coefficient (Wildman–Crippen LogP) is 3.28. The lowest BCUT2D eigenvalue weighted by molar-refractivity contribution is -0.118. The smallest absolute Gasteiger partial charge is 0.247 e. The van der Waals surface area contributed by atoms with Gasteiger partial charge in [0.2, 0.25) is 15.9 Å². The molecule has 0 saturated carbocycles. The predicted molar refractivity (Wildman–Crippen MR) is 110 cm³/mol. The third kappa shape index (κ3) is 5.52. The van der Waals surface area contributed by atoms with Crippen molar-refractivity contribution in [2.75, 3.05) is 13.1 Å². The summed E-state index contributed by atoms with van der Waals surface area (Å²) in [7, 11) is -3.70. The zero-order valence-electron chi connectivity index (χ0n) is 16.3. The number of carbonyl (C=O) groups excluding carboxylic acids is 1. The molecule has 29 heavy (non-hydrogen) atoms. The largest absolute Gasteiger partial charge is 0.350 e. The molecule has 2 aromatic carbocycles. The Hall–Kier alpha value is -2.51. The lowest BCUT2D eigenvalue weighted by atomic mass is 10.0. The summed E-state index contributed by atoms with van der Waals surface area (Å²) < 4.78 is 39.6. The molecule has 154 valence electrons. The Morgan fingerprint density at radius 1 is 1.14 bits per heavy atom. The van der Waals surface area contributed by atoms with E-state index in [0.717, 1.165) is 25.0 Å². The summed E-state index contributed by atoms with van der Waals surface area (Å²) in [6, 6.07) is 14.9. The van der Waals surface area contributed by atoms with Crippen LogP contribution in [0.5, 0.6) is 0 Å². The third-order valence-electron chi connectivity index (χ3n) is 5.00. The highest BCUT2D eigenvalue weighted by atomic mass is 32.2. The minimum absolute atomic E-state index is 0.0181. The highest BCUT2D eigenvalue weighted by molar-refractivity contribution is 7.89. The van der Waals surface area contributed by atoms with Crippen LogP contribution >= 0.6 is 0 Å². The van der Waals surface area contributed by atoms with Crippen LogP contribution < -0.4 is 5.32 Å². The van der Waals surface area contributed by atoms with Gasteiger partial charge in [-0.2, -0.15) is 4.31 Å². The van der Waals surface area contributed by atoms with E-state index < -0.39 is 15.8 Å². The first kappa shape index (κ1) is 21.2. The molecule has 5 nitrogen and oxygen atoms in total. The first-order chi connectivity index (χ1) is 13.9. The van der Waals surface area contributed by atoms with Gasteiger partial charge in [-0.25, -0.2) is 12.8 Å². The van der Waals surface area contributed by atoms with Crippen molar-refractivity contribution in [3.63, 3.8) is 0 Å². The number of halogens is 1. The van der Waals surface area contributed by atoms with Gasteiger partial charge in [0.05, 0.1) is 4.90 Å². The summed E-state index contributed by atoms with van der Waals surface area (Å²) in [6.45, 7) is 2.31. The van der Waals surface area contributed by atoms with Crippen LogP contribution in [0.15, 0.2) is 71.1 Å². The Balaban J connectivity index is 1.54. The monoisotopic (exact) mass is 416 g/mol. The maximum atomic E-state index is 13.1. The molecular formula is C22H25FN2O3S. The number of carbonyl (C=O) groups is 1. The molecular weight excluding hydrogens is 391 g/mol. The van der Waals surface area contributed by atoms with Gasteiger partial charge >= 0.3 is 0 Å². The fourth-order valence-electron chi connectivity index (χ4n) is 3.25. The van der Waals surface area contributed by atoms with Crippen LogP contribution in [0.4, 0.5) is 4.39 Å². The third-order valence-corrected chi connectivity index (χ3v) is 6.88. The van der Waals surface area contributed by atoms with Crippen LogP contribution in [0.2, 0.25) is 0 Å². The number of sulfonamides is 1. The lowest BCUT2D eigenvalue weighted by Crippen LogP contribution is -2.39. The molecule has 1 N–H and O–H groups in total. The summed E-state index contributed by atoms with van der Waals surface area (Å²) in [4.78, 5) is 12.5. The molecule has 1 aliphatic heterocycles. The van der Waals surface area contributed by atoms with Crippen LogP contribution in [0.3, 0.4) is 0 Å². The molecule has 0 aliphatic carbocycles. The number of nitrogens with zero attached hydrogens (tertiary/aromatic N) is 1. The van der Waals surface area contributed by atoms with Crippen LogP contribution in [0, 0.1) is 5.82 Å². The van der Waals surface area contributed by atoms with Gasteiger partial charge in [-0.3, -0.25) is 4.79 Å². The second-order valence-corrected chi connectivity index (χ2v) is 9.13. The lowest BCUT2D eigenvalue weighted by Gasteiger charge is -2.26. The van der Waals surface area contributed by atoms with E-state index in [2.05, 4.69) is 17.4 Å². The summed E-state index contributed by atoms with van der Waals surface area (Å²) >= 11 is 0. The molecule has 7 heteroatoms. The maximum absolute atomic E-state index is 13.1. The van der Waals surface area contributed by atoms with Crippen molar-refractivity contribution in [3.8, 4) is 0 Å². The van der Waals surface area contributed by atoms with Crippen molar-refractivity contribution >= 4 is 15.9 Å². The van der Waals surface area contributed by atoms with E-state index in [9.17, 15) is 17.6 Å². The number of hydrogen-bond donors (Lipinski definition) is 1. The molecule has 1 amide bonds. The van der Waals surface area contributed by atoms with Crippen LogP contribution in [-0.2, 0) is 21.2 Å². The van der Waals surface area contributed by atoms with Crippen molar-refractivity contribution in [2.45, 2.75) is 37.1 Å². The van der Waals surface area contributed by atoms with E-state index in [1.165, 1.54) is 22.0 Å². The molecule has 1 heterocycles. The quantitative estimate of drug-likeness (QED) is 0.753. The average molecular weight is 417 g/mol. The molecule has 0 aromatic heterocycles. The Bertz CT molecular complexity index is 973. The Labute approximate surface area is 171 Å². The van der Waals surface area contributed by atoms with Gasteiger partial charge in [0.25, 0.3) is 0 Å². The number of nitrogens with one attached hydrogen (secondary N) is 1. The van der Waals surface area contributed by atoms with E-state index in [1.807, 2.05) is 25.1 Å². The van der Waals surface area contributed by atoms with Gasteiger partial charge in [0, 0.05) is 24.7 Å². The van der Waals surface area contributed by atoms with E-state index >= 15 is 0 Å². The standard InChI is InChI=1S/C22H25FN2O3S/c1-17(7-8-18-5-3-2-4-6-18)24-22(26)19-13-15-25(16-14-19)29(27,28)21-11-9-20(23)10-12-21/h2-6,9-13,17H,7-8,14-16H2,1H3,(H,24,26)/t17-/m0/s1. The van der Waals surface area contributed by atoms with Gasteiger partial charge < -0.3 is 5.32 Å². The summed E-state index contributed by atoms with van der Waals surface area (Å²) in [5.74, 6) is -0.632. The number of amides is 1. The molecule has 0 saturated heterocycles. The molecule has 0 fully saturated rings. The Morgan fingerprint density at radius 3 is 2.45 bits per heavy atom. The summed E-state index contributed by atoms with van der Waals surface area (Å²) in [5, 5.41) is 2.99. The summed E-state index contributed by atoms with van der Waals surface area (Å²) in [6.07, 6.45) is 3.71. The topological polar surface area (TPSA) is 66.5 Å². The van der Waals surface area contributed by atoms with Gasteiger partial charge in [0.15, 0.2) is 0 Å². The first-order valence-corrected chi connectivity index (χ1v) is 11.1. The van der Waals surface area contributed by atoms with Crippen molar-refractivity contribution in [1.29, 1.82) is 0 Å². The number of aryl methyl sites for hydroxylation is 1. The molecule has 1 aliphatic rings. The molecule has 0 bridgehead atoms. The fraction of sp³-hybridized carbons (Fsp3) is 0.318.